The number of carbonyl (C=O) groups excluding carboxylic acids is 1. The molecule has 5 nitrogen and oxygen atoms in total. The Balaban J connectivity index is 1.78. The summed E-state index contributed by atoms with van der Waals surface area (Å²) in [5.74, 6) is 0.234. The third kappa shape index (κ3) is 3.70. The normalized spacial score (nSPS) is 14.3. The van der Waals surface area contributed by atoms with Gasteiger partial charge in [0.15, 0.2) is 0 Å². The van der Waals surface area contributed by atoms with Crippen LogP contribution in [0.2, 0.25) is 0 Å². The number of carbonyl (C=O) groups is 1. The van der Waals surface area contributed by atoms with Crippen LogP contribution in [0, 0.1) is 0 Å². The van der Waals surface area contributed by atoms with E-state index in [-0.39, 0.29) is 5.97 Å². The number of methoxy groups -OCH3 is 1. The fraction of sp³-hybridized carbons (Fsp3) is 0.538. The van der Waals surface area contributed by atoms with Crippen molar-refractivity contribution in [3.8, 4) is 0 Å². The molecule has 0 atom stereocenters. The molecule has 1 aliphatic carbocycles. The van der Waals surface area contributed by atoms with Gasteiger partial charge in [-0.3, -0.25) is 0 Å². The third-order valence-electron chi connectivity index (χ3n) is 2.87. The van der Waals surface area contributed by atoms with Crippen LogP contribution in [0.3, 0.4) is 0 Å². The Bertz CT molecular complexity index is 405. The van der Waals surface area contributed by atoms with Crippen molar-refractivity contribution in [3.63, 3.8) is 0 Å². The number of hydrogen-bond acceptors (Lipinski definition) is 5. The highest BCUT2D eigenvalue weighted by atomic mass is 16.5. The first-order valence-electron chi connectivity index (χ1n) is 6.32. The van der Waals surface area contributed by atoms with Gasteiger partial charge in [-0.15, -0.1) is 0 Å². The quantitative estimate of drug-likeness (QED) is 0.565. The van der Waals surface area contributed by atoms with E-state index in [2.05, 4.69) is 15.6 Å². The van der Waals surface area contributed by atoms with Crippen molar-refractivity contribution in [3.05, 3.63) is 23.9 Å². The summed E-state index contributed by atoms with van der Waals surface area (Å²) in [5, 5.41) is 6.61. The summed E-state index contributed by atoms with van der Waals surface area (Å²) < 4.78 is 4.71. The molecule has 0 aliphatic heterocycles. The lowest BCUT2D eigenvalue weighted by Gasteiger charge is -2.09. The summed E-state index contributed by atoms with van der Waals surface area (Å²) in [6, 6.07) is 4.18. The van der Waals surface area contributed by atoms with Crippen LogP contribution in [0.15, 0.2) is 18.3 Å². The van der Waals surface area contributed by atoms with Crippen molar-refractivity contribution in [2.45, 2.75) is 25.3 Å². The maximum absolute atomic E-state index is 11.5. The molecule has 0 bridgehead atoms. The fourth-order valence-electron chi connectivity index (χ4n) is 1.71. The molecule has 1 aromatic rings. The van der Waals surface area contributed by atoms with Gasteiger partial charge < -0.3 is 15.4 Å². The fourth-order valence-corrected chi connectivity index (χ4v) is 1.71. The number of nitrogens with one attached hydrogen (secondary N) is 2. The number of nitrogens with zero attached hydrogens (tertiary/aromatic N) is 1. The van der Waals surface area contributed by atoms with Gasteiger partial charge >= 0.3 is 5.97 Å². The summed E-state index contributed by atoms with van der Waals surface area (Å²) in [6.07, 6.45) is 5.28. The third-order valence-corrected chi connectivity index (χ3v) is 2.87. The van der Waals surface area contributed by atoms with Gasteiger partial charge in [0, 0.05) is 18.8 Å². The summed E-state index contributed by atoms with van der Waals surface area (Å²) in [6.45, 7) is 1.79. The molecule has 0 unspecified atom stereocenters. The first-order valence-corrected chi connectivity index (χ1v) is 6.32. The van der Waals surface area contributed by atoms with Crippen LogP contribution in [-0.4, -0.2) is 37.2 Å². The summed E-state index contributed by atoms with van der Waals surface area (Å²) in [4.78, 5) is 15.7. The highest BCUT2D eigenvalue weighted by Gasteiger charge is 2.19. The summed E-state index contributed by atoms with van der Waals surface area (Å²) >= 11 is 0. The second kappa shape index (κ2) is 6.35. The Morgan fingerprint density at radius 3 is 3.06 bits per heavy atom. The molecule has 0 spiro atoms. The SMILES string of the molecule is COC(=O)c1cccnc1NCCCNC1CC1. The van der Waals surface area contributed by atoms with Crippen LogP contribution in [0.1, 0.15) is 29.6 Å². The molecule has 2 rings (SSSR count). The van der Waals surface area contributed by atoms with E-state index in [1.807, 2.05) is 0 Å². The van der Waals surface area contributed by atoms with E-state index in [1.54, 1.807) is 18.3 Å². The Labute approximate surface area is 107 Å². The number of esters is 1. The van der Waals surface area contributed by atoms with E-state index in [0.29, 0.717) is 11.4 Å². The zero-order valence-electron chi connectivity index (χ0n) is 10.6. The molecule has 0 radical (unpaired) electrons. The monoisotopic (exact) mass is 249 g/mol. The first-order chi connectivity index (χ1) is 8.81. The van der Waals surface area contributed by atoms with Gasteiger partial charge in [-0.1, -0.05) is 0 Å². The number of ether oxygens (including phenoxy) is 1. The van der Waals surface area contributed by atoms with Crippen LogP contribution >= 0.6 is 0 Å². The lowest BCUT2D eigenvalue weighted by molar-refractivity contribution is 0.0601. The van der Waals surface area contributed by atoms with Crippen molar-refractivity contribution in [2.75, 3.05) is 25.5 Å². The number of aromatic nitrogens is 1. The average molecular weight is 249 g/mol. The number of anilines is 1. The molecule has 2 N–H and O–H groups in total. The molecule has 1 heterocycles. The van der Waals surface area contributed by atoms with Gasteiger partial charge in [-0.2, -0.15) is 0 Å². The van der Waals surface area contributed by atoms with E-state index in [4.69, 9.17) is 4.74 Å². The van der Waals surface area contributed by atoms with Crippen LogP contribution in [-0.2, 0) is 4.74 Å². The minimum Gasteiger partial charge on any atom is -0.465 e. The van der Waals surface area contributed by atoms with E-state index < -0.39 is 0 Å². The van der Waals surface area contributed by atoms with Gasteiger partial charge in [-0.05, 0) is 37.9 Å². The van der Waals surface area contributed by atoms with Crippen molar-refractivity contribution < 1.29 is 9.53 Å². The second-order valence-electron chi connectivity index (χ2n) is 4.40. The molecule has 1 aliphatic rings. The lowest BCUT2D eigenvalue weighted by atomic mass is 10.2. The maximum Gasteiger partial charge on any atom is 0.341 e. The molecule has 0 saturated heterocycles. The standard InChI is InChI=1S/C13H19N3O2/c1-18-13(17)11-4-2-7-15-12(11)16-9-3-8-14-10-5-6-10/h2,4,7,10,14H,3,5-6,8-9H2,1H3,(H,15,16). The lowest BCUT2D eigenvalue weighted by Crippen LogP contribution is -2.20. The molecular formula is C13H19N3O2. The largest absolute Gasteiger partial charge is 0.465 e. The molecular weight excluding hydrogens is 230 g/mol. The maximum atomic E-state index is 11.5. The molecule has 5 heteroatoms. The van der Waals surface area contributed by atoms with Crippen molar-refractivity contribution in [1.29, 1.82) is 0 Å². The van der Waals surface area contributed by atoms with E-state index in [0.717, 1.165) is 25.6 Å². The second-order valence-corrected chi connectivity index (χ2v) is 4.40. The van der Waals surface area contributed by atoms with Gasteiger partial charge in [0.25, 0.3) is 0 Å². The molecule has 18 heavy (non-hydrogen) atoms. The minimum absolute atomic E-state index is 0.360. The zero-order valence-corrected chi connectivity index (χ0v) is 10.6. The van der Waals surface area contributed by atoms with E-state index in [9.17, 15) is 4.79 Å². The van der Waals surface area contributed by atoms with Gasteiger partial charge in [0.2, 0.25) is 0 Å². The summed E-state index contributed by atoms with van der Waals surface area (Å²) in [5.41, 5.74) is 0.482. The molecule has 98 valence electrons. The van der Waals surface area contributed by atoms with Crippen molar-refractivity contribution in [2.24, 2.45) is 0 Å². The number of pyridine rings is 1. The Hall–Kier alpha value is -1.62. The van der Waals surface area contributed by atoms with Gasteiger partial charge in [0.1, 0.15) is 11.4 Å². The number of rotatable bonds is 7. The van der Waals surface area contributed by atoms with E-state index >= 15 is 0 Å². The smallest absolute Gasteiger partial charge is 0.341 e. The average Bonchev–Trinajstić information content (AvgIpc) is 3.22. The molecule has 1 fully saturated rings. The molecule has 0 aromatic carbocycles. The number of hydrogen-bond donors (Lipinski definition) is 2. The zero-order chi connectivity index (χ0) is 12.8. The Morgan fingerprint density at radius 2 is 2.33 bits per heavy atom. The van der Waals surface area contributed by atoms with Crippen molar-refractivity contribution in [1.82, 2.24) is 10.3 Å². The summed E-state index contributed by atoms with van der Waals surface area (Å²) in [7, 11) is 1.37. The van der Waals surface area contributed by atoms with Crippen LogP contribution in [0.5, 0.6) is 0 Å². The first kappa shape index (κ1) is 12.8. The van der Waals surface area contributed by atoms with Gasteiger partial charge in [-0.25, -0.2) is 9.78 Å². The molecule has 1 saturated carbocycles. The minimum atomic E-state index is -0.360. The van der Waals surface area contributed by atoms with Crippen LogP contribution in [0.4, 0.5) is 5.82 Å². The van der Waals surface area contributed by atoms with E-state index in [1.165, 1.54) is 20.0 Å². The van der Waals surface area contributed by atoms with Gasteiger partial charge in [0.05, 0.1) is 7.11 Å². The topological polar surface area (TPSA) is 63.2 Å². The van der Waals surface area contributed by atoms with Crippen LogP contribution in [0.25, 0.3) is 0 Å². The Kier molecular flexibility index (Phi) is 4.52. The highest BCUT2D eigenvalue weighted by molar-refractivity contribution is 5.94. The predicted molar refractivity (Wildman–Crippen MR) is 69.7 cm³/mol. The Morgan fingerprint density at radius 1 is 1.50 bits per heavy atom. The predicted octanol–water partition coefficient (Wildman–Crippen LogP) is 1.42. The highest BCUT2D eigenvalue weighted by Crippen LogP contribution is 2.18. The van der Waals surface area contributed by atoms with Crippen molar-refractivity contribution >= 4 is 11.8 Å². The molecule has 1 aromatic heterocycles. The van der Waals surface area contributed by atoms with Crippen LogP contribution < -0.4 is 10.6 Å². The molecule has 0 amide bonds.